The molecule has 4 heteroatoms. The smallest absolute Gasteiger partial charge is 0.227 e. The molecule has 0 saturated carbocycles. The number of benzene rings is 5. The maximum absolute atomic E-state index is 6.21. The van der Waals surface area contributed by atoms with Crippen molar-refractivity contribution in [3.05, 3.63) is 140 Å². The largest absolute Gasteiger partial charge is 0.438 e. The maximum Gasteiger partial charge on any atom is 0.227 e. The molecule has 0 radical (unpaired) electrons. The lowest BCUT2D eigenvalue weighted by Crippen LogP contribution is -2.09. The highest BCUT2D eigenvalue weighted by molar-refractivity contribution is 6.10. The minimum atomic E-state index is 0.637. The van der Waals surface area contributed by atoms with E-state index in [1.165, 1.54) is 10.8 Å². The Kier molecular flexibility index (Phi) is 4.79. The molecule has 0 aliphatic carbocycles. The van der Waals surface area contributed by atoms with E-state index < -0.39 is 0 Å². The molecule has 3 aromatic heterocycles. The summed E-state index contributed by atoms with van der Waals surface area (Å²) in [5.41, 5.74) is 8.04. The molecule has 0 fully saturated rings. The van der Waals surface area contributed by atoms with E-state index in [1.807, 2.05) is 24.4 Å². The number of rotatable bonds is 4. The second kappa shape index (κ2) is 8.61. The van der Waals surface area contributed by atoms with Crippen molar-refractivity contribution < 1.29 is 4.42 Å². The Bertz CT molecular complexity index is 2030. The fourth-order valence-corrected chi connectivity index (χ4v) is 5.70. The minimum absolute atomic E-state index is 0.637. The van der Waals surface area contributed by atoms with Gasteiger partial charge in [-0.2, -0.15) is 0 Å². The van der Waals surface area contributed by atoms with E-state index in [0.29, 0.717) is 5.71 Å². The Hall–Kier alpha value is -5.35. The normalized spacial score (nSPS) is 11.6. The molecule has 0 amide bonds. The van der Waals surface area contributed by atoms with Gasteiger partial charge in [-0.1, -0.05) is 72.8 Å². The Labute approximate surface area is 225 Å². The number of fused-ring (bicyclic) bond motifs is 6. The molecule has 8 rings (SSSR count). The molecule has 0 N–H and O–H groups in total. The van der Waals surface area contributed by atoms with Crippen LogP contribution < -0.4 is 4.90 Å². The van der Waals surface area contributed by atoms with Gasteiger partial charge in [0.05, 0.1) is 28.3 Å². The standard InChI is InChI=1S/C35H23N3O/c1-3-11-24(12-4-1)37(25-13-5-2-6-14-25)26-19-20-34-30(21-26)31-22-27(23-36-35(31)39-34)38-32-17-9-7-15-28(32)29-16-8-10-18-33(29)38/h1-23H. The zero-order chi connectivity index (χ0) is 25.8. The van der Waals surface area contributed by atoms with Crippen LogP contribution in [0.3, 0.4) is 0 Å². The summed E-state index contributed by atoms with van der Waals surface area (Å²) in [6.07, 6.45) is 1.91. The predicted octanol–water partition coefficient (Wildman–Crippen LogP) is 9.55. The fraction of sp³-hybridized carbons (Fsp3) is 0. The molecule has 8 aromatic rings. The summed E-state index contributed by atoms with van der Waals surface area (Å²) in [5.74, 6) is 0. The first kappa shape index (κ1) is 21.7. The maximum atomic E-state index is 6.21. The third-order valence-electron chi connectivity index (χ3n) is 7.42. The van der Waals surface area contributed by atoms with Crippen LogP contribution in [-0.2, 0) is 0 Å². The van der Waals surface area contributed by atoms with Gasteiger partial charge in [0, 0.05) is 33.2 Å². The summed E-state index contributed by atoms with van der Waals surface area (Å²) in [7, 11) is 0. The first-order valence-electron chi connectivity index (χ1n) is 13.1. The molecule has 0 aliphatic heterocycles. The number of pyridine rings is 1. The zero-order valence-corrected chi connectivity index (χ0v) is 21.0. The third kappa shape index (κ3) is 3.42. The number of furan rings is 1. The van der Waals surface area contributed by atoms with Crippen LogP contribution >= 0.6 is 0 Å². The van der Waals surface area contributed by atoms with E-state index in [1.54, 1.807) is 0 Å². The van der Waals surface area contributed by atoms with E-state index in [0.717, 1.165) is 50.1 Å². The van der Waals surface area contributed by atoms with Crippen LogP contribution in [0.15, 0.2) is 144 Å². The average Bonchev–Trinajstić information content (AvgIpc) is 3.53. The first-order chi connectivity index (χ1) is 19.3. The van der Waals surface area contributed by atoms with Crippen molar-refractivity contribution >= 4 is 60.9 Å². The highest BCUT2D eigenvalue weighted by Crippen LogP contribution is 2.39. The van der Waals surface area contributed by atoms with E-state index in [-0.39, 0.29) is 0 Å². The van der Waals surface area contributed by atoms with Gasteiger partial charge in [0.1, 0.15) is 5.58 Å². The van der Waals surface area contributed by atoms with Gasteiger partial charge in [0.25, 0.3) is 0 Å². The molecule has 0 aliphatic rings. The summed E-state index contributed by atoms with van der Waals surface area (Å²) in [6, 6.07) is 46.5. The lowest BCUT2D eigenvalue weighted by molar-refractivity contribution is 0.654. The fourth-order valence-electron chi connectivity index (χ4n) is 5.70. The molecule has 0 atom stereocenters. The Morgan fingerprint density at radius 3 is 1.74 bits per heavy atom. The van der Waals surface area contributed by atoms with Crippen molar-refractivity contribution in [2.45, 2.75) is 0 Å². The van der Waals surface area contributed by atoms with Gasteiger partial charge in [-0.05, 0) is 60.7 Å². The number of hydrogen-bond donors (Lipinski definition) is 0. The summed E-state index contributed by atoms with van der Waals surface area (Å²) >= 11 is 0. The topological polar surface area (TPSA) is 34.2 Å². The van der Waals surface area contributed by atoms with Gasteiger partial charge < -0.3 is 13.9 Å². The highest BCUT2D eigenvalue weighted by atomic mass is 16.3. The van der Waals surface area contributed by atoms with Gasteiger partial charge >= 0.3 is 0 Å². The van der Waals surface area contributed by atoms with Crippen molar-refractivity contribution in [2.24, 2.45) is 0 Å². The number of nitrogens with zero attached hydrogens (tertiary/aromatic N) is 3. The van der Waals surface area contributed by atoms with Crippen LogP contribution in [0.5, 0.6) is 0 Å². The third-order valence-corrected chi connectivity index (χ3v) is 7.42. The van der Waals surface area contributed by atoms with Crippen LogP contribution in [-0.4, -0.2) is 9.55 Å². The van der Waals surface area contributed by atoms with Gasteiger partial charge in [0.15, 0.2) is 0 Å². The Morgan fingerprint density at radius 1 is 0.513 bits per heavy atom. The molecule has 184 valence electrons. The van der Waals surface area contributed by atoms with E-state index in [9.17, 15) is 0 Å². The molecule has 39 heavy (non-hydrogen) atoms. The summed E-state index contributed by atoms with van der Waals surface area (Å²) in [4.78, 5) is 7.04. The van der Waals surface area contributed by atoms with Crippen molar-refractivity contribution in [2.75, 3.05) is 4.90 Å². The monoisotopic (exact) mass is 501 g/mol. The summed E-state index contributed by atoms with van der Waals surface area (Å²) < 4.78 is 8.50. The number of hydrogen-bond acceptors (Lipinski definition) is 3. The van der Waals surface area contributed by atoms with E-state index >= 15 is 0 Å². The molecule has 0 spiro atoms. The second-order valence-electron chi connectivity index (χ2n) is 9.70. The number of para-hydroxylation sites is 4. The quantitative estimate of drug-likeness (QED) is 0.241. The predicted molar refractivity (Wildman–Crippen MR) is 161 cm³/mol. The van der Waals surface area contributed by atoms with Gasteiger partial charge in [0.2, 0.25) is 5.71 Å². The van der Waals surface area contributed by atoms with Crippen molar-refractivity contribution in [1.29, 1.82) is 0 Å². The molecule has 5 aromatic carbocycles. The van der Waals surface area contributed by atoms with Crippen molar-refractivity contribution in [3.8, 4) is 5.69 Å². The molecule has 3 heterocycles. The lowest BCUT2D eigenvalue weighted by Gasteiger charge is -2.25. The van der Waals surface area contributed by atoms with Gasteiger partial charge in [-0.3, -0.25) is 0 Å². The molecule has 0 saturated heterocycles. The van der Waals surface area contributed by atoms with Gasteiger partial charge in [-0.15, -0.1) is 0 Å². The summed E-state index contributed by atoms with van der Waals surface area (Å²) in [5, 5.41) is 4.49. The molecular formula is C35H23N3O. The lowest BCUT2D eigenvalue weighted by atomic mass is 10.1. The van der Waals surface area contributed by atoms with Crippen LogP contribution in [0.2, 0.25) is 0 Å². The molecule has 0 bridgehead atoms. The molecule has 0 unspecified atom stereocenters. The van der Waals surface area contributed by atoms with E-state index in [4.69, 9.17) is 9.40 Å². The van der Waals surface area contributed by atoms with Crippen LogP contribution in [0.4, 0.5) is 17.1 Å². The Balaban J connectivity index is 1.36. The zero-order valence-electron chi connectivity index (χ0n) is 21.0. The molecule has 4 nitrogen and oxygen atoms in total. The SMILES string of the molecule is c1ccc(N(c2ccccc2)c2ccc3oc4ncc(-n5c6ccccc6c6ccccc65)cc4c3c2)cc1. The molecular weight excluding hydrogens is 478 g/mol. The van der Waals surface area contributed by atoms with Crippen LogP contribution in [0.1, 0.15) is 0 Å². The van der Waals surface area contributed by atoms with Crippen molar-refractivity contribution in [1.82, 2.24) is 9.55 Å². The average molecular weight is 502 g/mol. The van der Waals surface area contributed by atoms with Crippen LogP contribution in [0.25, 0.3) is 49.6 Å². The summed E-state index contributed by atoms with van der Waals surface area (Å²) in [6.45, 7) is 0. The van der Waals surface area contributed by atoms with Crippen LogP contribution in [0, 0.1) is 0 Å². The van der Waals surface area contributed by atoms with E-state index in [2.05, 4.69) is 125 Å². The number of anilines is 3. The minimum Gasteiger partial charge on any atom is -0.438 e. The first-order valence-corrected chi connectivity index (χ1v) is 13.1. The number of aromatic nitrogens is 2. The van der Waals surface area contributed by atoms with Crippen molar-refractivity contribution in [3.63, 3.8) is 0 Å². The second-order valence-corrected chi connectivity index (χ2v) is 9.70. The highest BCUT2D eigenvalue weighted by Gasteiger charge is 2.17. The Morgan fingerprint density at radius 2 is 1.10 bits per heavy atom. The van der Waals surface area contributed by atoms with Gasteiger partial charge in [-0.25, -0.2) is 4.98 Å².